The summed E-state index contributed by atoms with van der Waals surface area (Å²) in [6, 6.07) is 10.2. The molecule has 0 radical (unpaired) electrons. The summed E-state index contributed by atoms with van der Waals surface area (Å²) >= 11 is 0. The molecule has 2 rings (SSSR count). The maximum atomic E-state index is 11.7. The SMILES string of the molecule is CS(=O)c1ccc(-c2cc(C(C)(C)C)c(C(C)(C)C)c(C(C)(C)C)n2)cc1. The lowest BCUT2D eigenvalue weighted by molar-refractivity contribution is 0.486. The molecular weight excluding hydrogens is 350 g/mol. The minimum Gasteiger partial charge on any atom is -0.255 e. The molecule has 0 spiro atoms. The second-order valence-corrected chi connectivity index (χ2v) is 11.9. The molecule has 1 heterocycles. The molecule has 0 bridgehead atoms. The first-order valence-electron chi connectivity index (χ1n) is 9.62. The van der Waals surface area contributed by atoms with E-state index in [9.17, 15) is 4.21 Å². The van der Waals surface area contributed by atoms with Gasteiger partial charge in [0.25, 0.3) is 0 Å². The zero-order valence-corrected chi connectivity index (χ0v) is 19.5. The van der Waals surface area contributed by atoms with Gasteiger partial charge in [-0.1, -0.05) is 74.4 Å². The summed E-state index contributed by atoms with van der Waals surface area (Å²) in [5.74, 6) is 0. The Bertz CT molecular complexity index is 809. The standard InChI is InChI=1S/C24H35NOS/c1-22(2,3)18-15-19(16-11-13-17(14-12-16)27(10)26)25-21(24(7,8)9)20(18)23(4,5)6/h11-15H,1-10H3. The quantitative estimate of drug-likeness (QED) is 0.600. The van der Waals surface area contributed by atoms with Crippen molar-refractivity contribution in [2.45, 2.75) is 83.5 Å². The number of hydrogen-bond acceptors (Lipinski definition) is 2. The third-order valence-electron chi connectivity index (χ3n) is 4.77. The average molecular weight is 386 g/mol. The fourth-order valence-corrected chi connectivity index (χ4v) is 3.92. The Labute approximate surface area is 168 Å². The summed E-state index contributed by atoms with van der Waals surface area (Å²) in [6.07, 6.45) is 1.71. The van der Waals surface area contributed by atoms with Crippen molar-refractivity contribution >= 4 is 10.8 Å². The molecule has 0 saturated heterocycles. The van der Waals surface area contributed by atoms with Crippen molar-refractivity contribution in [3.63, 3.8) is 0 Å². The third kappa shape index (κ3) is 4.87. The largest absolute Gasteiger partial charge is 0.255 e. The van der Waals surface area contributed by atoms with Gasteiger partial charge in [-0.05, 0) is 40.2 Å². The Hall–Kier alpha value is -1.48. The van der Waals surface area contributed by atoms with E-state index in [0.717, 1.165) is 16.2 Å². The van der Waals surface area contributed by atoms with Gasteiger partial charge in [-0.15, -0.1) is 0 Å². The zero-order valence-electron chi connectivity index (χ0n) is 18.7. The van der Waals surface area contributed by atoms with Crippen LogP contribution in [0.4, 0.5) is 0 Å². The van der Waals surface area contributed by atoms with Crippen LogP contribution < -0.4 is 0 Å². The summed E-state index contributed by atoms with van der Waals surface area (Å²) in [5, 5.41) is 0. The van der Waals surface area contributed by atoms with E-state index in [1.165, 1.54) is 16.8 Å². The molecule has 0 amide bonds. The van der Waals surface area contributed by atoms with Crippen molar-refractivity contribution in [1.82, 2.24) is 4.98 Å². The molecule has 0 fully saturated rings. The van der Waals surface area contributed by atoms with Gasteiger partial charge in [0, 0.05) is 32.9 Å². The Balaban J connectivity index is 2.83. The third-order valence-corrected chi connectivity index (χ3v) is 5.71. The lowest BCUT2D eigenvalue weighted by Gasteiger charge is -2.36. The number of pyridine rings is 1. The summed E-state index contributed by atoms with van der Waals surface area (Å²) in [4.78, 5) is 6.00. The van der Waals surface area contributed by atoms with Crippen LogP contribution in [0.25, 0.3) is 11.3 Å². The predicted molar refractivity (Wildman–Crippen MR) is 118 cm³/mol. The minimum absolute atomic E-state index is 0.0136. The van der Waals surface area contributed by atoms with Gasteiger partial charge in [-0.3, -0.25) is 9.19 Å². The van der Waals surface area contributed by atoms with Gasteiger partial charge < -0.3 is 0 Å². The van der Waals surface area contributed by atoms with Gasteiger partial charge in [0.2, 0.25) is 0 Å². The molecule has 0 N–H and O–H groups in total. The number of aromatic nitrogens is 1. The molecule has 2 aromatic rings. The van der Waals surface area contributed by atoms with Gasteiger partial charge in [-0.25, -0.2) is 0 Å². The van der Waals surface area contributed by atoms with Crippen LogP contribution in [0.2, 0.25) is 0 Å². The van der Waals surface area contributed by atoms with E-state index in [1.807, 2.05) is 24.3 Å². The van der Waals surface area contributed by atoms with Crippen LogP contribution in [0.3, 0.4) is 0 Å². The number of nitrogens with zero attached hydrogens (tertiary/aromatic N) is 1. The van der Waals surface area contributed by atoms with Gasteiger partial charge in [0.05, 0.1) is 11.4 Å². The zero-order chi connectivity index (χ0) is 20.8. The summed E-state index contributed by atoms with van der Waals surface area (Å²) in [5.41, 5.74) is 5.92. The lowest BCUT2D eigenvalue weighted by Crippen LogP contribution is -2.29. The number of benzene rings is 1. The van der Waals surface area contributed by atoms with Crippen molar-refractivity contribution in [2.24, 2.45) is 0 Å². The van der Waals surface area contributed by atoms with Crippen molar-refractivity contribution in [3.05, 3.63) is 47.2 Å². The molecule has 1 unspecified atom stereocenters. The van der Waals surface area contributed by atoms with Gasteiger partial charge in [0.15, 0.2) is 0 Å². The molecule has 3 heteroatoms. The summed E-state index contributed by atoms with van der Waals surface area (Å²) < 4.78 is 11.7. The van der Waals surface area contributed by atoms with Gasteiger partial charge in [0.1, 0.15) is 0 Å². The van der Waals surface area contributed by atoms with Gasteiger partial charge >= 0.3 is 0 Å². The highest BCUT2D eigenvalue weighted by Gasteiger charge is 2.33. The molecule has 1 aromatic heterocycles. The second kappa shape index (κ2) is 7.16. The van der Waals surface area contributed by atoms with Crippen molar-refractivity contribution in [2.75, 3.05) is 6.26 Å². The molecule has 27 heavy (non-hydrogen) atoms. The van der Waals surface area contributed by atoms with Crippen LogP contribution in [-0.2, 0) is 27.0 Å². The van der Waals surface area contributed by atoms with Crippen LogP contribution in [0.5, 0.6) is 0 Å². The predicted octanol–water partition coefficient (Wildman–Crippen LogP) is 6.38. The van der Waals surface area contributed by atoms with E-state index in [1.54, 1.807) is 6.26 Å². The highest BCUT2D eigenvalue weighted by atomic mass is 32.2. The molecule has 0 aliphatic heterocycles. The molecular formula is C24H35NOS. The van der Waals surface area contributed by atoms with Gasteiger partial charge in [-0.2, -0.15) is 0 Å². The monoisotopic (exact) mass is 385 g/mol. The Morgan fingerprint density at radius 3 is 1.67 bits per heavy atom. The Morgan fingerprint density at radius 2 is 1.30 bits per heavy atom. The highest BCUT2D eigenvalue weighted by molar-refractivity contribution is 7.84. The summed E-state index contributed by atoms with van der Waals surface area (Å²) in [7, 11) is -0.966. The van der Waals surface area contributed by atoms with Crippen LogP contribution in [-0.4, -0.2) is 15.4 Å². The number of rotatable bonds is 2. The Kier molecular flexibility index (Phi) is 5.79. The second-order valence-electron chi connectivity index (χ2n) is 10.5. The fraction of sp³-hybridized carbons (Fsp3) is 0.542. The summed E-state index contributed by atoms with van der Waals surface area (Å²) in [6.45, 7) is 20.4. The maximum Gasteiger partial charge on any atom is 0.0708 e. The molecule has 1 atom stereocenters. The van der Waals surface area contributed by atoms with E-state index >= 15 is 0 Å². The van der Waals surface area contributed by atoms with Crippen molar-refractivity contribution < 1.29 is 4.21 Å². The molecule has 0 aliphatic rings. The van der Waals surface area contributed by atoms with E-state index in [0.29, 0.717) is 0 Å². The molecule has 0 aliphatic carbocycles. The molecule has 0 saturated carbocycles. The normalized spacial score (nSPS) is 14.3. The first-order chi connectivity index (χ1) is 12.1. The first kappa shape index (κ1) is 21.8. The lowest BCUT2D eigenvalue weighted by atomic mass is 9.70. The highest BCUT2D eigenvalue weighted by Crippen LogP contribution is 2.41. The molecule has 148 valence electrons. The topological polar surface area (TPSA) is 30.0 Å². The molecule has 1 aromatic carbocycles. The molecule has 2 nitrogen and oxygen atoms in total. The van der Waals surface area contributed by atoms with Crippen molar-refractivity contribution in [3.8, 4) is 11.3 Å². The fourth-order valence-electron chi connectivity index (χ4n) is 3.40. The van der Waals surface area contributed by atoms with E-state index < -0.39 is 10.8 Å². The average Bonchev–Trinajstić information content (AvgIpc) is 2.51. The van der Waals surface area contributed by atoms with E-state index in [-0.39, 0.29) is 16.2 Å². The van der Waals surface area contributed by atoms with E-state index in [4.69, 9.17) is 4.98 Å². The van der Waals surface area contributed by atoms with E-state index in [2.05, 4.69) is 68.4 Å². The van der Waals surface area contributed by atoms with Crippen LogP contribution >= 0.6 is 0 Å². The van der Waals surface area contributed by atoms with Crippen LogP contribution in [0.15, 0.2) is 35.2 Å². The maximum absolute atomic E-state index is 11.7. The Morgan fingerprint density at radius 1 is 0.778 bits per heavy atom. The smallest absolute Gasteiger partial charge is 0.0708 e. The minimum atomic E-state index is -0.966. The number of hydrogen-bond donors (Lipinski definition) is 0. The van der Waals surface area contributed by atoms with Crippen molar-refractivity contribution in [1.29, 1.82) is 0 Å². The first-order valence-corrected chi connectivity index (χ1v) is 11.2. The van der Waals surface area contributed by atoms with Crippen LogP contribution in [0, 0.1) is 0 Å². The van der Waals surface area contributed by atoms with Crippen LogP contribution in [0.1, 0.15) is 79.1 Å².